The van der Waals surface area contributed by atoms with Crippen LogP contribution in [0.4, 0.5) is 0 Å². The fraction of sp³-hybridized carbons (Fsp3) is 0.818. The average Bonchev–Trinajstić information content (AvgIpc) is 2.77. The number of hydrogen-bond acceptors (Lipinski definition) is 6. The molecule has 0 aromatic carbocycles. The van der Waals surface area contributed by atoms with Crippen molar-refractivity contribution in [3.8, 4) is 0 Å². The normalized spacial score (nSPS) is 11.0. The minimum atomic E-state index is 0.604. The first-order valence-electron chi connectivity index (χ1n) is 6.02. The van der Waals surface area contributed by atoms with Crippen molar-refractivity contribution in [3.63, 3.8) is 0 Å². The van der Waals surface area contributed by atoms with Gasteiger partial charge < -0.3 is 24.1 Å². The molecule has 1 N–H and O–H groups in total. The van der Waals surface area contributed by atoms with Gasteiger partial charge in [-0.05, 0) is 0 Å². The second-order valence-electron chi connectivity index (χ2n) is 3.75. The zero-order chi connectivity index (χ0) is 13.1. The molecule has 0 bridgehead atoms. The molecule has 1 rings (SSSR count). The van der Waals surface area contributed by atoms with Gasteiger partial charge in [0.15, 0.2) is 0 Å². The number of hydrogen-bond donors (Lipinski definition) is 1. The molecule has 0 aliphatic carbocycles. The van der Waals surface area contributed by atoms with Gasteiger partial charge in [0.1, 0.15) is 12.2 Å². The van der Waals surface area contributed by atoms with E-state index in [4.69, 9.17) is 14.2 Å². The topological polar surface area (TPSA) is 70.4 Å². The molecule has 0 unspecified atom stereocenters. The molecule has 1 aromatic rings. The van der Waals surface area contributed by atoms with Gasteiger partial charge in [0, 0.05) is 20.7 Å². The second-order valence-corrected chi connectivity index (χ2v) is 3.75. The summed E-state index contributed by atoms with van der Waals surface area (Å²) in [5, 5.41) is 11.0. The lowest BCUT2D eigenvalue weighted by atomic mass is 10.5. The van der Waals surface area contributed by atoms with E-state index in [0.29, 0.717) is 39.6 Å². The van der Waals surface area contributed by atoms with Crippen molar-refractivity contribution >= 4 is 0 Å². The van der Waals surface area contributed by atoms with Gasteiger partial charge in [-0.25, -0.2) is 0 Å². The van der Waals surface area contributed by atoms with Gasteiger partial charge in [-0.3, -0.25) is 0 Å². The predicted octanol–water partition coefficient (Wildman–Crippen LogP) is -0.416. The first kappa shape index (κ1) is 15.0. The molecular weight excluding hydrogens is 236 g/mol. The molecule has 18 heavy (non-hydrogen) atoms. The van der Waals surface area contributed by atoms with Crippen LogP contribution >= 0.6 is 0 Å². The molecule has 0 aliphatic heterocycles. The summed E-state index contributed by atoms with van der Waals surface area (Å²) in [6.45, 7) is 4.59. The van der Waals surface area contributed by atoms with E-state index >= 15 is 0 Å². The van der Waals surface area contributed by atoms with E-state index in [1.54, 1.807) is 13.4 Å². The van der Waals surface area contributed by atoms with Crippen molar-refractivity contribution in [2.75, 3.05) is 46.7 Å². The maximum Gasteiger partial charge on any atom is 0.146 e. The van der Waals surface area contributed by atoms with E-state index in [9.17, 15) is 0 Å². The number of methoxy groups -OCH3 is 1. The van der Waals surface area contributed by atoms with E-state index in [1.807, 2.05) is 11.6 Å². The molecule has 0 atom stereocenters. The Kier molecular flexibility index (Phi) is 8.32. The van der Waals surface area contributed by atoms with Gasteiger partial charge in [0.2, 0.25) is 0 Å². The van der Waals surface area contributed by atoms with Crippen LogP contribution in [0.15, 0.2) is 6.33 Å². The van der Waals surface area contributed by atoms with Crippen LogP contribution in [0.25, 0.3) is 0 Å². The quantitative estimate of drug-likeness (QED) is 0.544. The van der Waals surface area contributed by atoms with Crippen LogP contribution in [-0.2, 0) is 27.8 Å². The summed E-state index contributed by atoms with van der Waals surface area (Å²) in [5.41, 5.74) is 0. The summed E-state index contributed by atoms with van der Waals surface area (Å²) in [5.74, 6) is 0.915. The number of ether oxygens (including phenoxy) is 3. The van der Waals surface area contributed by atoms with Crippen LogP contribution in [-0.4, -0.2) is 61.5 Å². The average molecular weight is 258 g/mol. The molecule has 104 valence electrons. The first-order chi connectivity index (χ1) is 8.84. The van der Waals surface area contributed by atoms with E-state index in [2.05, 4.69) is 15.5 Å². The van der Waals surface area contributed by atoms with Crippen molar-refractivity contribution in [2.24, 2.45) is 7.05 Å². The first-order valence-corrected chi connectivity index (χ1v) is 6.02. The zero-order valence-corrected chi connectivity index (χ0v) is 11.1. The zero-order valence-electron chi connectivity index (χ0n) is 11.1. The summed E-state index contributed by atoms with van der Waals surface area (Å²) < 4.78 is 17.4. The third-order valence-corrected chi connectivity index (χ3v) is 2.32. The Labute approximate surface area is 107 Å². The van der Waals surface area contributed by atoms with E-state index in [0.717, 1.165) is 12.4 Å². The summed E-state index contributed by atoms with van der Waals surface area (Å²) in [6, 6.07) is 0. The predicted molar refractivity (Wildman–Crippen MR) is 66.2 cm³/mol. The Morgan fingerprint density at radius 3 is 2.56 bits per heavy atom. The SMILES string of the molecule is COCCOCCOCCNCc1nncn1C. The standard InChI is InChI=1S/C11H22N4O3/c1-15-10-13-14-11(15)9-12-3-4-17-7-8-18-6-5-16-2/h10,12H,3-9H2,1-2H3. The smallest absolute Gasteiger partial charge is 0.146 e. The molecule has 7 heteroatoms. The van der Waals surface area contributed by atoms with Gasteiger partial charge in [-0.1, -0.05) is 0 Å². The Morgan fingerprint density at radius 1 is 1.17 bits per heavy atom. The van der Waals surface area contributed by atoms with Crippen LogP contribution in [0, 0.1) is 0 Å². The largest absolute Gasteiger partial charge is 0.382 e. The van der Waals surface area contributed by atoms with Crippen LogP contribution in [0.3, 0.4) is 0 Å². The molecule has 0 spiro atoms. The summed E-state index contributed by atoms with van der Waals surface area (Å²) in [4.78, 5) is 0. The lowest BCUT2D eigenvalue weighted by Gasteiger charge is -2.06. The van der Waals surface area contributed by atoms with Crippen molar-refractivity contribution in [3.05, 3.63) is 12.2 Å². The minimum Gasteiger partial charge on any atom is -0.382 e. The molecule has 1 aromatic heterocycles. The fourth-order valence-corrected chi connectivity index (χ4v) is 1.28. The van der Waals surface area contributed by atoms with Crippen LogP contribution in [0.1, 0.15) is 5.82 Å². The van der Waals surface area contributed by atoms with E-state index < -0.39 is 0 Å². The maximum atomic E-state index is 5.39. The van der Waals surface area contributed by atoms with E-state index in [-0.39, 0.29) is 0 Å². The Morgan fingerprint density at radius 2 is 1.89 bits per heavy atom. The van der Waals surface area contributed by atoms with Crippen LogP contribution in [0.5, 0.6) is 0 Å². The fourth-order valence-electron chi connectivity index (χ4n) is 1.28. The monoisotopic (exact) mass is 258 g/mol. The molecular formula is C11H22N4O3. The van der Waals surface area contributed by atoms with E-state index in [1.165, 1.54) is 0 Å². The highest BCUT2D eigenvalue weighted by atomic mass is 16.5. The Bertz CT molecular complexity index is 306. The van der Waals surface area contributed by atoms with Crippen LogP contribution in [0.2, 0.25) is 0 Å². The second kappa shape index (κ2) is 9.95. The molecule has 0 fully saturated rings. The third kappa shape index (κ3) is 6.65. The Hall–Kier alpha value is -1.02. The number of rotatable bonds is 11. The van der Waals surface area contributed by atoms with Gasteiger partial charge in [-0.2, -0.15) is 0 Å². The number of aryl methyl sites for hydroxylation is 1. The lowest BCUT2D eigenvalue weighted by molar-refractivity contribution is 0.0255. The van der Waals surface area contributed by atoms with Gasteiger partial charge in [0.25, 0.3) is 0 Å². The van der Waals surface area contributed by atoms with Crippen molar-refractivity contribution < 1.29 is 14.2 Å². The highest BCUT2D eigenvalue weighted by Crippen LogP contribution is 1.89. The number of aromatic nitrogens is 3. The van der Waals surface area contributed by atoms with Gasteiger partial charge >= 0.3 is 0 Å². The summed E-state index contributed by atoms with van der Waals surface area (Å²) >= 11 is 0. The third-order valence-electron chi connectivity index (χ3n) is 2.32. The molecule has 7 nitrogen and oxygen atoms in total. The highest BCUT2D eigenvalue weighted by molar-refractivity contribution is 4.82. The Balaban J connectivity index is 1.83. The molecule has 1 heterocycles. The lowest BCUT2D eigenvalue weighted by Crippen LogP contribution is -2.22. The highest BCUT2D eigenvalue weighted by Gasteiger charge is 1.98. The van der Waals surface area contributed by atoms with Crippen molar-refractivity contribution in [2.45, 2.75) is 6.54 Å². The number of nitrogens with zero attached hydrogens (tertiary/aromatic N) is 3. The van der Waals surface area contributed by atoms with Crippen LogP contribution < -0.4 is 5.32 Å². The summed E-state index contributed by atoms with van der Waals surface area (Å²) in [6.07, 6.45) is 1.69. The molecule has 0 aliphatic rings. The minimum absolute atomic E-state index is 0.604. The molecule has 0 saturated carbocycles. The maximum absolute atomic E-state index is 5.39. The number of nitrogens with one attached hydrogen (secondary N) is 1. The van der Waals surface area contributed by atoms with Gasteiger partial charge in [0.05, 0.1) is 39.6 Å². The van der Waals surface area contributed by atoms with Gasteiger partial charge in [-0.15, -0.1) is 10.2 Å². The van der Waals surface area contributed by atoms with Crippen molar-refractivity contribution in [1.29, 1.82) is 0 Å². The van der Waals surface area contributed by atoms with Crippen molar-refractivity contribution in [1.82, 2.24) is 20.1 Å². The summed E-state index contributed by atoms with van der Waals surface area (Å²) in [7, 11) is 3.58. The molecule has 0 radical (unpaired) electrons. The molecule has 0 amide bonds. The molecule has 0 saturated heterocycles.